The molecular weight excluding hydrogens is 346 g/mol. The topological polar surface area (TPSA) is 21.7 Å². The monoisotopic (exact) mass is 377 g/mol. The van der Waals surface area contributed by atoms with Gasteiger partial charge in [0.1, 0.15) is 18.1 Å². The van der Waals surface area contributed by atoms with Gasteiger partial charge in [0, 0.05) is 0 Å². The van der Waals surface area contributed by atoms with Crippen LogP contribution >= 0.6 is 12.4 Å². The Morgan fingerprint density at radius 1 is 0.692 bits per heavy atom. The van der Waals surface area contributed by atoms with Gasteiger partial charge in [-0.3, -0.25) is 0 Å². The summed E-state index contributed by atoms with van der Waals surface area (Å²) in [6, 6.07) is 18.1. The van der Waals surface area contributed by atoms with Crippen LogP contribution < -0.4 is 9.47 Å². The van der Waals surface area contributed by atoms with Crippen molar-refractivity contribution in [1.82, 2.24) is 4.90 Å². The van der Waals surface area contributed by atoms with Gasteiger partial charge in [-0.2, -0.15) is 0 Å². The van der Waals surface area contributed by atoms with E-state index in [0.29, 0.717) is 6.61 Å². The lowest BCUT2D eigenvalue weighted by Crippen LogP contribution is -2.12. The second-order valence-electron chi connectivity index (χ2n) is 6.67. The van der Waals surface area contributed by atoms with E-state index in [0.717, 1.165) is 24.5 Å². The summed E-state index contributed by atoms with van der Waals surface area (Å²) in [6.45, 7) is 2.57. The van der Waals surface area contributed by atoms with E-state index in [1.54, 1.807) is 0 Å². The Morgan fingerprint density at radius 2 is 1.27 bits per heavy atom. The lowest BCUT2D eigenvalue weighted by Gasteiger charge is -2.10. The molecule has 0 saturated heterocycles. The predicted octanol–water partition coefficient (Wildman–Crippen LogP) is 5.58. The molecule has 0 aliphatic rings. The number of rotatable bonds is 12. The summed E-state index contributed by atoms with van der Waals surface area (Å²) in [4.78, 5) is 2.25. The molecule has 2 aromatic carbocycles. The maximum atomic E-state index is 5.80. The van der Waals surface area contributed by atoms with Gasteiger partial charge in [-0.1, -0.05) is 49.6 Å². The SMILES string of the molecule is CN(C)CCCCCCCOc1ccc(OCc2ccccc2)cc1.Cl. The van der Waals surface area contributed by atoms with Crippen LogP contribution in [0.1, 0.15) is 37.7 Å². The van der Waals surface area contributed by atoms with Gasteiger partial charge in [-0.15, -0.1) is 12.4 Å². The minimum Gasteiger partial charge on any atom is -0.494 e. The fourth-order valence-corrected chi connectivity index (χ4v) is 2.62. The Kier molecular flexibility index (Phi) is 11.6. The third-order valence-corrected chi connectivity index (χ3v) is 4.09. The highest BCUT2D eigenvalue weighted by atomic mass is 35.5. The Hall–Kier alpha value is -1.71. The van der Waals surface area contributed by atoms with Crippen molar-refractivity contribution in [3.8, 4) is 11.5 Å². The predicted molar refractivity (Wildman–Crippen MR) is 112 cm³/mol. The van der Waals surface area contributed by atoms with Crippen LogP contribution in [0, 0.1) is 0 Å². The molecule has 0 aromatic heterocycles. The average Bonchev–Trinajstić information content (AvgIpc) is 2.64. The number of hydrogen-bond acceptors (Lipinski definition) is 3. The lowest BCUT2D eigenvalue weighted by atomic mass is 10.1. The van der Waals surface area contributed by atoms with E-state index in [1.807, 2.05) is 42.5 Å². The zero-order valence-corrected chi connectivity index (χ0v) is 16.8. The molecule has 2 rings (SSSR count). The normalized spacial score (nSPS) is 10.4. The molecule has 0 radical (unpaired) electrons. The van der Waals surface area contributed by atoms with E-state index in [4.69, 9.17) is 9.47 Å². The molecule has 0 aliphatic carbocycles. The second-order valence-corrected chi connectivity index (χ2v) is 6.67. The van der Waals surface area contributed by atoms with Gasteiger partial charge < -0.3 is 14.4 Å². The zero-order chi connectivity index (χ0) is 17.7. The highest BCUT2D eigenvalue weighted by Crippen LogP contribution is 2.19. The molecule has 3 nitrogen and oxygen atoms in total. The van der Waals surface area contributed by atoms with Crippen LogP contribution in [0.5, 0.6) is 11.5 Å². The molecule has 0 amide bonds. The number of unbranched alkanes of at least 4 members (excludes halogenated alkanes) is 4. The van der Waals surface area contributed by atoms with Crippen molar-refractivity contribution in [2.45, 2.75) is 38.7 Å². The van der Waals surface area contributed by atoms with E-state index in [-0.39, 0.29) is 12.4 Å². The molecule has 0 bridgehead atoms. The van der Waals surface area contributed by atoms with E-state index >= 15 is 0 Å². The van der Waals surface area contributed by atoms with Crippen molar-refractivity contribution < 1.29 is 9.47 Å². The quantitative estimate of drug-likeness (QED) is 0.451. The van der Waals surface area contributed by atoms with Gasteiger partial charge in [-0.25, -0.2) is 0 Å². The first-order chi connectivity index (χ1) is 12.2. The molecule has 144 valence electrons. The summed E-state index contributed by atoms with van der Waals surface area (Å²) < 4.78 is 11.6. The molecule has 0 saturated carbocycles. The van der Waals surface area contributed by atoms with E-state index < -0.39 is 0 Å². The Labute approximate surface area is 164 Å². The molecule has 0 atom stereocenters. The molecule has 0 spiro atoms. The van der Waals surface area contributed by atoms with Gasteiger partial charge in [0.15, 0.2) is 0 Å². The Bertz CT molecular complexity index is 572. The summed E-state index contributed by atoms with van der Waals surface area (Å²) in [7, 11) is 4.26. The number of halogens is 1. The third kappa shape index (κ3) is 9.69. The molecular formula is C22H32ClNO2. The van der Waals surface area contributed by atoms with Gasteiger partial charge >= 0.3 is 0 Å². The van der Waals surface area contributed by atoms with Crippen molar-refractivity contribution in [2.24, 2.45) is 0 Å². The highest BCUT2D eigenvalue weighted by molar-refractivity contribution is 5.85. The smallest absolute Gasteiger partial charge is 0.120 e. The van der Waals surface area contributed by atoms with Crippen molar-refractivity contribution >= 4 is 12.4 Å². The molecule has 4 heteroatoms. The van der Waals surface area contributed by atoms with Crippen LogP contribution in [0.15, 0.2) is 54.6 Å². The summed E-state index contributed by atoms with van der Waals surface area (Å²) >= 11 is 0. The summed E-state index contributed by atoms with van der Waals surface area (Å²) in [5, 5.41) is 0. The van der Waals surface area contributed by atoms with Crippen molar-refractivity contribution in [3.05, 3.63) is 60.2 Å². The van der Waals surface area contributed by atoms with Gasteiger partial charge in [0.05, 0.1) is 6.61 Å². The van der Waals surface area contributed by atoms with Crippen molar-refractivity contribution in [2.75, 3.05) is 27.2 Å². The minimum absolute atomic E-state index is 0. The van der Waals surface area contributed by atoms with Crippen molar-refractivity contribution in [3.63, 3.8) is 0 Å². The van der Waals surface area contributed by atoms with E-state index in [9.17, 15) is 0 Å². The number of ether oxygens (including phenoxy) is 2. The Morgan fingerprint density at radius 3 is 1.92 bits per heavy atom. The van der Waals surface area contributed by atoms with Crippen LogP contribution in [-0.2, 0) is 6.61 Å². The molecule has 0 heterocycles. The number of benzene rings is 2. The number of nitrogens with zero attached hydrogens (tertiary/aromatic N) is 1. The zero-order valence-electron chi connectivity index (χ0n) is 16.0. The second kappa shape index (κ2) is 13.5. The summed E-state index contributed by atoms with van der Waals surface area (Å²) in [5.74, 6) is 1.79. The first kappa shape index (κ1) is 22.3. The first-order valence-corrected chi connectivity index (χ1v) is 9.28. The maximum Gasteiger partial charge on any atom is 0.120 e. The van der Waals surface area contributed by atoms with Crippen LogP contribution in [0.25, 0.3) is 0 Å². The van der Waals surface area contributed by atoms with Crippen molar-refractivity contribution in [1.29, 1.82) is 0 Å². The van der Waals surface area contributed by atoms with Crippen LogP contribution in [0.4, 0.5) is 0 Å². The molecule has 0 N–H and O–H groups in total. The van der Waals surface area contributed by atoms with Crippen LogP contribution in [0.3, 0.4) is 0 Å². The largest absolute Gasteiger partial charge is 0.494 e. The molecule has 0 fully saturated rings. The summed E-state index contributed by atoms with van der Waals surface area (Å²) in [6.07, 6.45) is 6.26. The molecule has 0 unspecified atom stereocenters. The highest BCUT2D eigenvalue weighted by Gasteiger charge is 1.98. The molecule has 0 aliphatic heterocycles. The van der Waals surface area contributed by atoms with Gasteiger partial charge in [0.25, 0.3) is 0 Å². The van der Waals surface area contributed by atoms with Gasteiger partial charge in [-0.05, 0) is 63.3 Å². The van der Waals surface area contributed by atoms with Crippen LogP contribution in [-0.4, -0.2) is 32.1 Å². The maximum absolute atomic E-state index is 5.80. The molecule has 26 heavy (non-hydrogen) atoms. The fraction of sp³-hybridized carbons (Fsp3) is 0.455. The average molecular weight is 378 g/mol. The minimum atomic E-state index is 0. The van der Waals surface area contributed by atoms with E-state index in [2.05, 4.69) is 31.1 Å². The standard InChI is InChI=1S/C22H31NO2.ClH/c1-23(2)17-9-4-3-5-10-18-24-21-13-15-22(16-14-21)25-19-20-11-7-6-8-12-20;/h6-8,11-16H,3-5,9-10,17-19H2,1-2H3;1H. The fourth-order valence-electron chi connectivity index (χ4n) is 2.62. The summed E-state index contributed by atoms with van der Waals surface area (Å²) in [5.41, 5.74) is 1.17. The lowest BCUT2D eigenvalue weighted by molar-refractivity contribution is 0.296. The molecule has 2 aromatic rings. The first-order valence-electron chi connectivity index (χ1n) is 9.28. The van der Waals surface area contributed by atoms with E-state index in [1.165, 1.54) is 37.8 Å². The Balaban J connectivity index is 0.00000338. The number of hydrogen-bond donors (Lipinski definition) is 0. The van der Waals surface area contributed by atoms with Crippen LogP contribution in [0.2, 0.25) is 0 Å². The van der Waals surface area contributed by atoms with Gasteiger partial charge in [0.2, 0.25) is 0 Å². The third-order valence-electron chi connectivity index (χ3n) is 4.09.